The molecule has 0 bridgehead atoms. The minimum atomic E-state index is 0.0360. The Morgan fingerprint density at radius 2 is 2.00 bits per heavy atom. The molecule has 1 aromatic carbocycles. The van der Waals surface area contributed by atoms with Crippen LogP contribution in [0.15, 0.2) is 24.3 Å². The van der Waals surface area contributed by atoms with E-state index in [9.17, 15) is 0 Å². The summed E-state index contributed by atoms with van der Waals surface area (Å²) in [6.07, 6.45) is 4.65. The molecule has 0 unspecified atom stereocenters. The number of hydrogen-bond donors (Lipinski definition) is 1. The van der Waals surface area contributed by atoms with Crippen molar-refractivity contribution in [3.63, 3.8) is 0 Å². The Hall–Kier alpha value is -1.22. The van der Waals surface area contributed by atoms with E-state index in [1.54, 1.807) is 7.11 Å². The number of benzene rings is 1. The first-order valence-corrected chi connectivity index (χ1v) is 7.20. The van der Waals surface area contributed by atoms with Gasteiger partial charge in [0.25, 0.3) is 0 Å². The van der Waals surface area contributed by atoms with Crippen molar-refractivity contribution in [1.82, 2.24) is 5.32 Å². The van der Waals surface area contributed by atoms with Crippen LogP contribution in [0.25, 0.3) is 0 Å². The van der Waals surface area contributed by atoms with Crippen LogP contribution in [-0.2, 0) is 0 Å². The second kappa shape index (κ2) is 6.29. The van der Waals surface area contributed by atoms with Gasteiger partial charge in [-0.25, -0.2) is 0 Å². The van der Waals surface area contributed by atoms with Crippen LogP contribution in [0.4, 0.5) is 0 Å². The summed E-state index contributed by atoms with van der Waals surface area (Å²) < 4.78 is 11.5. The first kappa shape index (κ1) is 14.2. The molecule has 1 aromatic rings. The van der Waals surface area contributed by atoms with Gasteiger partial charge in [-0.15, -0.1) is 0 Å². The zero-order valence-electron chi connectivity index (χ0n) is 12.2. The highest BCUT2D eigenvalue weighted by Crippen LogP contribution is 2.39. The smallest absolute Gasteiger partial charge is 0.123 e. The van der Waals surface area contributed by atoms with Crippen LogP contribution in [0.3, 0.4) is 0 Å². The second-order valence-electron chi connectivity index (χ2n) is 5.68. The zero-order chi connectivity index (χ0) is 13.7. The van der Waals surface area contributed by atoms with E-state index in [0.717, 1.165) is 37.3 Å². The van der Waals surface area contributed by atoms with E-state index in [1.165, 1.54) is 6.42 Å². The average Bonchev–Trinajstić information content (AvgIpc) is 2.35. The van der Waals surface area contributed by atoms with Gasteiger partial charge in [-0.1, -0.05) is 19.9 Å². The summed E-state index contributed by atoms with van der Waals surface area (Å²) in [5, 5.41) is 3.47. The first-order chi connectivity index (χ1) is 9.13. The molecule has 1 saturated carbocycles. The normalized spacial score (nSPS) is 17.1. The SMILES string of the molecule is COc1cccc(OC2(CCNC(C)C)CCC2)c1. The van der Waals surface area contributed by atoms with Crippen LogP contribution in [0.5, 0.6) is 11.5 Å². The van der Waals surface area contributed by atoms with Crippen molar-refractivity contribution < 1.29 is 9.47 Å². The minimum Gasteiger partial charge on any atom is -0.497 e. The molecule has 19 heavy (non-hydrogen) atoms. The molecule has 0 radical (unpaired) electrons. The molecule has 0 aliphatic heterocycles. The largest absolute Gasteiger partial charge is 0.497 e. The number of rotatable bonds is 7. The van der Waals surface area contributed by atoms with Crippen LogP contribution < -0.4 is 14.8 Å². The fraction of sp³-hybridized carbons (Fsp3) is 0.625. The lowest BCUT2D eigenvalue weighted by atomic mass is 9.77. The van der Waals surface area contributed by atoms with Crippen LogP contribution in [-0.4, -0.2) is 25.3 Å². The number of nitrogens with one attached hydrogen (secondary N) is 1. The lowest BCUT2D eigenvalue weighted by Gasteiger charge is -2.42. The third kappa shape index (κ3) is 3.87. The lowest BCUT2D eigenvalue weighted by Crippen LogP contribution is -2.45. The maximum atomic E-state index is 6.24. The van der Waals surface area contributed by atoms with E-state index in [-0.39, 0.29) is 5.60 Å². The van der Waals surface area contributed by atoms with Gasteiger partial charge in [-0.05, 0) is 44.4 Å². The molecule has 1 aliphatic rings. The van der Waals surface area contributed by atoms with E-state index in [4.69, 9.17) is 9.47 Å². The summed E-state index contributed by atoms with van der Waals surface area (Å²) in [5.41, 5.74) is 0.0360. The summed E-state index contributed by atoms with van der Waals surface area (Å²) in [7, 11) is 1.69. The molecule has 0 atom stereocenters. The van der Waals surface area contributed by atoms with Crippen molar-refractivity contribution in [2.24, 2.45) is 0 Å². The molecule has 0 spiro atoms. The van der Waals surface area contributed by atoms with Crippen LogP contribution >= 0.6 is 0 Å². The maximum Gasteiger partial charge on any atom is 0.123 e. The molecule has 1 aliphatic carbocycles. The van der Waals surface area contributed by atoms with Gasteiger partial charge < -0.3 is 14.8 Å². The second-order valence-corrected chi connectivity index (χ2v) is 5.68. The molecule has 106 valence electrons. The van der Waals surface area contributed by atoms with Crippen molar-refractivity contribution >= 4 is 0 Å². The molecule has 1 fully saturated rings. The molecule has 1 N–H and O–H groups in total. The van der Waals surface area contributed by atoms with Crippen molar-refractivity contribution in [2.45, 2.75) is 51.2 Å². The lowest BCUT2D eigenvalue weighted by molar-refractivity contribution is -0.0146. The molecule has 0 aromatic heterocycles. The van der Waals surface area contributed by atoms with Crippen molar-refractivity contribution in [3.8, 4) is 11.5 Å². The Bertz CT molecular complexity index is 399. The van der Waals surface area contributed by atoms with E-state index >= 15 is 0 Å². The van der Waals surface area contributed by atoms with Crippen molar-refractivity contribution in [1.29, 1.82) is 0 Å². The molecule has 0 amide bonds. The Kier molecular flexibility index (Phi) is 4.70. The van der Waals surface area contributed by atoms with Gasteiger partial charge in [-0.3, -0.25) is 0 Å². The van der Waals surface area contributed by atoms with Gasteiger partial charge in [0.2, 0.25) is 0 Å². The molecular weight excluding hydrogens is 238 g/mol. The Morgan fingerprint density at radius 3 is 2.58 bits per heavy atom. The Morgan fingerprint density at radius 1 is 1.26 bits per heavy atom. The topological polar surface area (TPSA) is 30.5 Å². The van der Waals surface area contributed by atoms with Crippen molar-refractivity contribution in [2.75, 3.05) is 13.7 Å². The number of methoxy groups -OCH3 is 1. The van der Waals surface area contributed by atoms with Crippen LogP contribution in [0, 0.1) is 0 Å². The van der Waals surface area contributed by atoms with Crippen LogP contribution in [0.2, 0.25) is 0 Å². The molecule has 0 saturated heterocycles. The fourth-order valence-electron chi connectivity index (χ4n) is 2.48. The van der Waals surface area contributed by atoms with E-state index < -0.39 is 0 Å². The number of ether oxygens (including phenoxy) is 2. The molecule has 3 nitrogen and oxygen atoms in total. The highest BCUT2D eigenvalue weighted by Gasteiger charge is 2.38. The molecule has 2 rings (SSSR count). The van der Waals surface area contributed by atoms with Gasteiger partial charge in [-0.2, -0.15) is 0 Å². The summed E-state index contributed by atoms with van der Waals surface area (Å²) >= 11 is 0. The third-order valence-corrected chi connectivity index (χ3v) is 3.77. The highest BCUT2D eigenvalue weighted by molar-refractivity contribution is 5.33. The summed E-state index contributed by atoms with van der Waals surface area (Å²) in [5.74, 6) is 1.77. The molecule has 3 heteroatoms. The number of hydrogen-bond acceptors (Lipinski definition) is 3. The van der Waals surface area contributed by atoms with Gasteiger partial charge in [0.1, 0.15) is 17.1 Å². The average molecular weight is 263 g/mol. The predicted molar refractivity (Wildman–Crippen MR) is 78.0 cm³/mol. The summed E-state index contributed by atoms with van der Waals surface area (Å²) in [6, 6.07) is 8.44. The van der Waals surface area contributed by atoms with E-state index in [2.05, 4.69) is 19.2 Å². The zero-order valence-corrected chi connectivity index (χ0v) is 12.2. The monoisotopic (exact) mass is 263 g/mol. The van der Waals surface area contributed by atoms with Crippen LogP contribution in [0.1, 0.15) is 39.5 Å². The Balaban J connectivity index is 1.93. The molecule has 0 heterocycles. The van der Waals surface area contributed by atoms with Gasteiger partial charge in [0, 0.05) is 12.1 Å². The third-order valence-electron chi connectivity index (χ3n) is 3.77. The maximum absolute atomic E-state index is 6.24. The minimum absolute atomic E-state index is 0.0360. The highest BCUT2D eigenvalue weighted by atomic mass is 16.5. The van der Waals surface area contributed by atoms with Gasteiger partial charge >= 0.3 is 0 Å². The van der Waals surface area contributed by atoms with Crippen molar-refractivity contribution in [3.05, 3.63) is 24.3 Å². The fourth-order valence-corrected chi connectivity index (χ4v) is 2.48. The molecular formula is C16H25NO2. The Labute approximate surface area is 116 Å². The predicted octanol–water partition coefficient (Wildman–Crippen LogP) is 3.38. The standard InChI is InChI=1S/C16H25NO2/c1-13(2)17-11-10-16(8-5-9-16)19-15-7-4-6-14(12-15)18-3/h4,6-7,12-13,17H,5,8-11H2,1-3H3. The quantitative estimate of drug-likeness (QED) is 0.818. The van der Waals surface area contributed by atoms with E-state index in [0.29, 0.717) is 6.04 Å². The first-order valence-electron chi connectivity index (χ1n) is 7.20. The van der Waals surface area contributed by atoms with Gasteiger partial charge in [0.05, 0.1) is 7.11 Å². The van der Waals surface area contributed by atoms with E-state index in [1.807, 2.05) is 24.3 Å². The summed E-state index contributed by atoms with van der Waals surface area (Å²) in [4.78, 5) is 0. The summed E-state index contributed by atoms with van der Waals surface area (Å²) in [6.45, 7) is 5.37. The van der Waals surface area contributed by atoms with Gasteiger partial charge in [0.15, 0.2) is 0 Å².